The standard InChI is InChI=1S/C55H79N13O22S2.2Gd.2H2O/c56-52(89)39-12-13-41(62-55(92)59-36-10-6-34(7-11-36)20-38(68(31-50(85)86)32-51(87)88)22-64(24-43(71)72)16-18-66(27-46(77)78)28-47(79)80)60-40(53(90)61-39)3-1-2-14-57-54(91)58-35-8-4-33(5-9-35)19-37(67(29-48(81)82)30-49(83)84)21-63(23-42(69)70)15-17-65(25-44(73)74)26-45(75)76;;;;/h4-11,37-41,60H,1-3,12-32H2,(H2,56,89)(H,61,90)(H,69,70)(H,71,72)(H,73,74)(H,75,76)(H,77,78)(H,79,80)(H,81,82)(H,83,84)(H,85,86)(H,87,88)(H2,57,58,91)(H2,59,62,92);;;2*1H2/q;2*+3;;/t37-,38-,39?,40?,41?;;;;/m0..../s1. The number of thiocarbonyl (C=S) groups is 2. The van der Waals surface area contributed by atoms with Crippen molar-refractivity contribution in [3.05, 3.63) is 59.7 Å². The summed E-state index contributed by atoms with van der Waals surface area (Å²) in [5, 5.41) is 114. The number of nitrogens with two attached hydrogens (primary N) is 1. The number of benzene rings is 2. The summed E-state index contributed by atoms with van der Waals surface area (Å²) in [5.41, 5.74) is 7.75. The van der Waals surface area contributed by atoms with Crippen LogP contribution >= 0.6 is 24.4 Å². The smallest absolute Gasteiger partial charge is 0.480 e. The van der Waals surface area contributed by atoms with Gasteiger partial charge in [0.15, 0.2) is 10.2 Å². The Morgan fingerprint density at radius 2 is 0.823 bits per heavy atom. The van der Waals surface area contributed by atoms with Crippen molar-refractivity contribution in [2.75, 3.05) is 122 Å². The molecule has 0 spiro atoms. The third-order valence-electron chi connectivity index (χ3n) is 13.9. The van der Waals surface area contributed by atoms with E-state index in [2.05, 4.69) is 31.9 Å². The number of carbonyl (C=O) groups excluding carboxylic acids is 2. The molecule has 2 aromatic carbocycles. The van der Waals surface area contributed by atoms with Gasteiger partial charge in [-0.1, -0.05) is 24.3 Å². The molecule has 534 valence electrons. The average Bonchev–Trinajstić information content (AvgIpc) is 0.916. The van der Waals surface area contributed by atoms with E-state index in [1.165, 1.54) is 9.80 Å². The number of carbonyl (C=O) groups is 12. The maximum atomic E-state index is 13.5. The van der Waals surface area contributed by atoms with Gasteiger partial charge in [-0.2, -0.15) is 0 Å². The van der Waals surface area contributed by atoms with Crippen molar-refractivity contribution in [2.24, 2.45) is 5.73 Å². The molecule has 5 atom stereocenters. The number of hydrogen-bond donors (Lipinski definition) is 17. The van der Waals surface area contributed by atoms with E-state index in [9.17, 15) is 109 Å². The van der Waals surface area contributed by atoms with Gasteiger partial charge in [0.2, 0.25) is 11.8 Å². The molecule has 1 aliphatic rings. The van der Waals surface area contributed by atoms with Gasteiger partial charge in [0.05, 0.1) is 77.7 Å². The number of aliphatic carboxylic acids is 10. The Morgan fingerprint density at radius 1 is 0.490 bits per heavy atom. The first-order valence-corrected chi connectivity index (χ1v) is 29.4. The largest absolute Gasteiger partial charge is 3.00 e. The van der Waals surface area contributed by atoms with Gasteiger partial charge in [-0.15, -0.1) is 0 Å². The van der Waals surface area contributed by atoms with Crippen LogP contribution in [0.2, 0.25) is 0 Å². The molecule has 0 aromatic heterocycles. The summed E-state index contributed by atoms with van der Waals surface area (Å²) in [5.74, 6) is -14.6. The maximum Gasteiger partial charge on any atom is 3.00 e. The molecule has 96 heavy (non-hydrogen) atoms. The first-order chi connectivity index (χ1) is 43.3. The van der Waals surface area contributed by atoms with Crippen molar-refractivity contribution in [1.29, 1.82) is 0 Å². The minimum atomic E-state index is -1.37. The van der Waals surface area contributed by atoms with Crippen LogP contribution in [0.4, 0.5) is 11.4 Å². The van der Waals surface area contributed by atoms with Crippen LogP contribution in [0.1, 0.15) is 43.2 Å². The van der Waals surface area contributed by atoms with Crippen molar-refractivity contribution in [3.8, 4) is 0 Å². The van der Waals surface area contributed by atoms with Crippen LogP contribution in [-0.2, 0) is 70.4 Å². The summed E-state index contributed by atoms with van der Waals surface area (Å²) in [6.07, 6.45) is 1.01. The summed E-state index contributed by atoms with van der Waals surface area (Å²) in [6, 6.07) is 9.45. The topological polar surface area (TPSA) is 588 Å². The Bertz CT molecular complexity index is 2850. The van der Waals surface area contributed by atoms with Crippen LogP contribution in [-0.4, -0.2) is 315 Å². The molecular weight excluding hydrogens is 1610 g/mol. The van der Waals surface area contributed by atoms with Gasteiger partial charge in [0, 0.05) is 69.3 Å². The Kier molecular flexibility index (Phi) is 46.3. The third-order valence-corrected chi connectivity index (χ3v) is 14.4. The fourth-order valence-electron chi connectivity index (χ4n) is 9.94. The average molecular weight is 1690 g/mol. The van der Waals surface area contributed by atoms with E-state index in [0.717, 1.165) is 19.6 Å². The van der Waals surface area contributed by atoms with Gasteiger partial charge in [0.1, 0.15) is 6.04 Å². The molecule has 37 nitrogen and oxygen atoms in total. The van der Waals surface area contributed by atoms with Gasteiger partial charge >= 0.3 is 140 Å². The number of carboxylic acids is 10. The van der Waals surface area contributed by atoms with Crippen LogP contribution in [0.3, 0.4) is 0 Å². The zero-order valence-corrected chi connectivity index (χ0v) is 57.8. The summed E-state index contributed by atoms with van der Waals surface area (Å²) in [7, 11) is 0. The maximum absolute atomic E-state index is 13.5. The SMILES string of the molecule is NC(=O)C1CCC(NC(=S)Nc2ccc(C[C@@H](CN(CCN(CC(=O)O)CC(=O)O)CC(=O)O)N(CC(=O)O)CC(=O)O)cc2)NC(CCCCNC(=S)Nc2ccc(C[C@@H](CN(CCN(CC(=O)O)CC(=O)O)CC(=O)O)N(CC(=O)O)CC(=O)O)cc2)C(=O)N1.O.O.[Gd+3].[Gd+3]. The number of unbranched alkanes of at least 4 members (excludes halogenated alkanes) is 1. The van der Waals surface area contributed by atoms with E-state index in [4.69, 9.17) is 30.2 Å². The van der Waals surface area contributed by atoms with Crippen molar-refractivity contribution in [1.82, 2.24) is 50.7 Å². The molecule has 0 bridgehead atoms. The van der Waals surface area contributed by atoms with E-state index in [0.29, 0.717) is 41.9 Å². The monoisotopic (exact) mass is 1690 g/mol. The Balaban J connectivity index is 0. The number of carboxylic acid groups (broad SMARTS) is 10. The van der Waals surface area contributed by atoms with Crippen LogP contribution in [0.25, 0.3) is 0 Å². The minimum absolute atomic E-state index is 0. The zero-order valence-electron chi connectivity index (χ0n) is 51.6. The van der Waals surface area contributed by atoms with E-state index in [1.807, 2.05) is 0 Å². The third kappa shape index (κ3) is 39.8. The molecule has 1 heterocycles. The Morgan fingerprint density at radius 3 is 1.17 bits per heavy atom. The number of anilines is 2. The molecule has 3 unspecified atom stereocenters. The van der Waals surface area contributed by atoms with Crippen molar-refractivity contribution < 1.29 is 199 Å². The predicted octanol–water partition coefficient (Wildman–Crippen LogP) is -4.99. The summed E-state index contributed by atoms with van der Waals surface area (Å²) >= 11 is 11.1. The fourth-order valence-corrected chi connectivity index (χ4v) is 10.4. The molecule has 41 heteroatoms. The number of rotatable bonds is 45. The van der Waals surface area contributed by atoms with E-state index in [-0.39, 0.29) is 172 Å². The Hall–Kier alpha value is -6.25. The van der Waals surface area contributed by atoms with Gasteiger partial charge in [-0.05, 0) is 105 Å². The zero-order chi connectivity index (χ0) is 68.6. The normalized spacial score (nSPS) is 14.9. The molecule has 0 aliphatic carbocycles. The molecule has 3 rings (SSSR count). The van der Waals surface area contributed by atoms with Gasteiger partial charge in [-0.25, -0.2) is 0 Å². The van der Waals surface area contributed by atoms with Crippen molar-refractivity contribution in [3.63, 3.8) is 0 Å². The van der Waals surface area contributed by atoms with Gasteiger partial charge in [-0.3, -0.25) is 92.3 Å². The first kappa shape index (κ1) is 91.8. The molecule has 1 saturated heterocycles. The number of primary amides is 1. The summed E-state index contributed by atoms with van der Waals surface area (Å²) in [4.78, 5) is 150. The van der Waals surface area contributed by atoms with Gasteiger partial charge < -0.3 is 94.3 Å². The van der Waals surface area contributed by atoms with Crippen molar-refractivity contribution in [2.45, 2.75) is 75.3 Å². The van der Waals surface area contributed by atoms with E-state index in [1.54, 1.807) is 48.5 Å². The van der Waals surface area contributed by atoms with Crippen molar-refractivity contribution >= 4 is 118 Å². The van der Waals surface area contributed by atoms with Crippen LogP contribution in [0.5, 0.6) is 0 Å². The molecule has 22 N–H and O–H groups in total. The molecule has 0 saturated carbocycles. The number of hydrogen-bond acceptors (Lipinski definition) is 21. The van der Waals surface area contributed by atoms with Crippen LogP contribution in [0, 0.1) is 79.9 Å². The number of nitrogens with zero attached hydrogens (tertiary/aromatic N) is 6. The second kappa shape index (κ2) is 48.5. The predicted molar refractivity (Wildman–Crippen MR) is 339 cm³/mol. The molecule has 1 aliphatic heterocycles. The molecular formula is C55H83Gd2N13O24S2+6. The Labute approximate surface area is 624 Å². The van der Waals surface area contributed by atoms with Gasteiger partial charge in [0.25, 0.3) is 0 Å². The molecule has 2 radical (unpaired) electrons. The second-order valence-corrected chi connectivity index (χ2v) is 22.4. The summed E-state index contributed by atoms with van der Waals surface area (Å²) < 4.78 is 0. The van der Waals surface area contributed by atoms with Crippen LogP contribution < -0.4 is 37.6 Å². The summed E-state index contributed by atoms with van der Waals surface area (Å²) in [6.45, 7) is -7.68. The van der Waals surface area contributed by atoms with E-state index >= 15 is 0 Å². The quantitative estimate of drug-likeness (QED) is 0.0218. The second-order valence-electron chi connectivity index (χ2n) is 21.5. The number of amides is 2. The molecule has 1 fully saturated rings. The molecule has 2 amide bonds. The minimum Gasteiger partial charge on any atom is -0.480 e. The fraction of sp³-hybridized carbons (Fsp3) is 0.527. The number of nitrogens with one attached hydrogen (secondary N) is 6. The molecule has 2 aromatic rings. The van der Waals surface area contributed by atoms with E-state index < -0.39 is 167 Å². The van der Waals surface area contributed by atoms with Crippen LogP contribution in [0.15, 0.2) is 48.5 Å². The first-order valence-electron chi connectivity index (χ1n) is 28.5.